The van der Waals surface area contributed by atoms with E-state index in [-0.39, 0.29) is 23.2 Å². The maximum atomic E-state index is 6.46. The zero-order valence-electron chi connectivity index (χ0n) is 22.1. The van der Waals surface area contributed by atoms with Gasteiger partial charge in [0.1, 0.15) is 11.9 Å². The highest BCUT2D eigenvalue weighted by atomic mass is 32.2. The van der Waals surface area contributed by atoms with Crippen LogP contribution in [0.2, 0.25) is 0 Å². The van der Waals surface area contributed by atoms with E-state index in [1.807, 2.05) is 11.8 Å². The lowest BCUT2D eigenvalue weighted by Crippen LogP contribution is -2.56. The molecule has 0 saturated carbocycles. The van der Waals surface area contributed by atoms with Crippen LogP contribution in [0.4, 0.5) is 11.4 Å². The lowest BCUT2D eigenvalue weighted by molar-refractivity contribution is 0.197. The van der Waals surface area contributed by atoms with Crippen LogP contribution in [0, 0.1) is 0 Å². The minimum Gasteiger partial charge on any atom is -0.482 e. The van der Waals surface area contributed by atoms with Gasteiger partial charge in [-0.15, -0.1) is 11.8 Å². The summed E-state index contributed by atoms with van der Waals surface area (Å²) in [7, 11) is 0. The van der Waals surface area contributed by atoms with Crippen LogP contribution in [0.15, 0.2) is 89.9 Å². The number of benzene rings is 2. The molecule has 2 aliphatic carbocycles. The van der Waals surface area contributed by atoms with E-state index >= 15 is 0 Å². The summed E-state index contributed by atoms with van der Waals surface area (Å²) in [5.41, 5.74) is 5.00. The van der Waals surface area contributed by atoms with Crippen molar-refractivity contribution < 1.29 is 4.74 Å². The number of nitrogens with zero attached hydrogens (tertiary/aromatic N) is 2. The molecule has 0 saturated heterocycles. The fourth-order valence-electron chi connectivity index (χ4n) is 6.06. The molecule has 4 aliphatic rings. The highest BCUT2D eigenvalue weighted by Gasteiger charge is 2.41. The topological polar surface area (TPSA) is 15.7 Å². The highest BCUT2D eigenvalue weighted by molar-refractivity contribution is 8.00. The number of rotatable bonds is 1. The van der Waals surface area contributed by atoms with E-state index in [4.69, 9.17) is 4.74 Å². The third-order valence-corrected chi connectivity index (χ3v) is 8.76. The molecule has 0 N–H and O–H groups in total. The van der Waals surface area contributed by atoms with E-state index in [0.29, 0.717) is 11.3 Å². The average Bonchev–Trinajstić information content (AvgIpc) is 2.83. The molecule has 4 heteroatoms. The second-order valence-electron chi connectivity index (χ2n) is 12.1. The molecule has 2 aromatic carbocycles. The van der Waals surface area contributed by atoms with Gasteiger partial charge >= 0.3 is 0 Å². The highest BCUT2D eigenvalue weighted by Crippen LogP contribution is 2.48. The summed E-state index contributed by atoms with van der Waals surface area (Å²) in [6.07, 6.45) is 16.0. The van der Waals surface area contributed by atoms with Crippen molar-refractivity contribution in [2.45, 2.75) is 81.0 Å². The molecule has 4 unspecified atom stereocenters. The molecule has 6 rings (SSSR count). The number of fused-ring (bicyclic) bond motifs is 4. The molecule has 36 heavy (non-hydrogen) atoms. The average molecular weight is 497 g/mol. The monoisotopic (exact) mass is 496 g/mol. The van der Waals surface area contributed by atoms with E-state index in [2.05, 4.69) is 136 Å². The van der Waals surface area contributed by atoms with Gasteiger partial charge in [0.05, 0.1) is 28.7 Å². The number of para-hydroxylation sites is 2. The van der Waals surface area contributed by atoms with Crippen LogP contribution in [0.1, 0.15) is 47.1 Å². The summed E-state index contributed by atoms with van der Waals surface area (Å²) >= 11 is 1.98. The van der Waals surface area contributed by atoms with Gasteiger partial charge in [-0.2, -0.15) is 0 Å². The predicted molar refractivity (Wildman–Crippen MR) is 154 cm³/mol. The van der Waals surface area contributed by atoms with Crippen LogP contribution in [0.5, 0.6) is 5.75 Å². The third kappa shape index (κ3) is 3.91. The first-order valence-corrected chi connectivity index (χ1v) is 13.9. The maximum absolute atomic E-state index is 6.46. The quantitative estimate of drug-likeness (QED) is 0.403. The molecule has 186 valence electrons. The van der Waals surface area contributed by atoms with Gasteiger partial charge < -0.3 is 14.5 Å². The summed E-state index contributed by atoms with van der Waals surface area (Å²) in [6.45, 7) is 13.8. The molecule has 0 aromatic heterocycles. The first-order valence-electron chi connectivity index (χ1n) is 13.0. The standard InChI is InChI=1S/C32H36N2OS/c1-31(2,3)33-23-11-7-9-13-27(23)35-28-17-15-21(19-25(28)33)22-16-18-30-26(20-22)34(32(4,5)6)24-12-8-10-14-29(24)36-30/h7-20,24-25,28-29H,1-6H3. The second kappa shape index (κ2) is 8.34. The molecule has 2 aliphatic heterocycles. The Morgan fingerprint density at radius 3 is 2.28 bits per heavy atom. The lowest BCUT2D eigenvalue weighted by Gasteiger charge is -2.50. The van der Waals surface area contributed by atoms with Crippen molar-refractivity contribution in [1.29, 1.82) is 0 Å². The predicted octanol–water partition coefficient (Wildman–Crippen LogP) is 7.65. The normalized spacial score (nSPS) is 26.4. The Kier molecular flexibility index (Phi) is 5.46. The van der Waals surface area contributed by atoms with Crippen molar-refractivity contribution in [3.8, 4) is 5.75 Å². The molecule has 3 nitrogen and oxygen atoms in total. The number of thioether (sulfide) groups is 1. The zero-order chi connectivity index (χ0) is 25.2. The molecule has 0 spiro atoms. The Balaban J connectivity index is 1.42. The van der Waals surface area contributed by atoms with Crippen molar-refractivity contribution in [1.82, 2.24) is 0 Å². The van der Waals surface area contributed by atoms with E-state index < -0.39 is 0 Å². The second-order valence-corrected chi connectivity index (χ2v) is 13.3. The summed E-state index contributed by atoms with van der Waals surface area (Å²) in [6, 6.07) is 16.0. The van der Waals surface area contributed by atoms with Gasteiger partial charge in [0, 0.05) is 16.0 Å². The molecule has 2 heterocycles. The smallest absolute Gasteiger partial charge is 0.143 e. The minimum absolute atomic E-state index is 0.00190. The molecule has 0 amide bonds. The molecular weight excluding hydrogens is 460 g/mol. The molecule has 0 fully saturated rings. The van der Waals surface area contributed by atoms with Gasteiger partial charge in [-0.1, -0.05) is 54.7 Å². The van der Waals surface area contributed by atoms with Gasteiger partial charge in [0.25, 0.3) is 0 Å². The Hall–Kier alpha value is -2.85. The van der Waals surface area contributed by atoms with Gasteiger partial charge in [-0.3, -0.25) is 0 Å². The van der Waals surface area contributed by atoms with E-state index in [9.17, 15) is 0 Å². The van der Waals surface area contributed by atoms with Crippen LogP contribution in [-0.2, 0) is 0 Å². The third-order valence-electron chi connectivity index (χ3n) is 7.45. The van der Waals surface area contributed by atoms with Crippen LogP contribution in [0.3, 0.4) is 0 Å². The first kappa shape index (κ1) is 23.5. The van der Waals surface area contributed by atoms with Crippen LogP contribution < -0.4 is 14.5 Å². The Morgan fingerprint density at radius 2 is 1.50 bits per heavy atom. The van der Waals surface area contributed by atoms with E-state index in [1.54, 1.807) is 0 Å². The summed E-state index contributed by atoms with van der Waals surface area (Å²) in [4.78, 5) is 6.50. The van der Waals surface area contributed by atoms with Gasteiger partial charge in [0.15, 0.2) is 0 Å². The van der Waals surface area contributed by atoms with Crippen molar-refractivity contribution >= 4 is 28.7 Å². The maximum Gasteiger partial charge on any atom is 0.143 e. The van der Waals surface area contributed by atoms with Gasteiger partial charge in [-0.05, 0) is 83.0 Å². The van der Waals surface area contributed by atoms with E-state index in [0.717, 1.165) is 5.75 Å². The number of hydrogen-bond donors (Lipinski definition) is 0. The van der Waals surface area contributed by atoms with E-state index in [1.165, 1.54) is 27.4 Å². The Bertz CT molecular complexity index is 1310. The van der Waals surface area contributed by atoms with Crippen molar-refractivity contribution in [2.24, 2.45) is 0 Å². The van der Waals surface area contributed by atoms with Crippen LogP contribution >= 0.6 is 11.8 Å². The fraction of sp³-hybridized carbons (Fsp3) is 0.375. The minimum atomic E-state index is -0.0407. The summed E-state index contributed by atoms with van der Waals surface area (Å²) in [5, 5.41) is 0.446. The first-order chi connectivity index (χ1) is 17.1. The zero-order valence-corrected chi connectivity index (χ0v) is 22.9. The van der Waals surface area contributed by atoms with Gasteiger partial charge in [0.2, 0.25) is 0 Å². The summed E-state index contributed by atoms with van der Waals surface area (Å²) < 4.78 is 6.46. The number of anilines is 2. The fourth-order valence-corrected chi connectivity index (χ4v) is 7.30. The Morgan fingerprint density at radius 1 is 0.778 bits per heavy atom. The Labute approximate surface area is 220 Å². The van der Waals surface area contributed by atoms with Crippen LogP contribution in [-0.4, -0.2) is 34.5 Å². The molecule has 4 atom stereocenters. The number of ether oxygens (including phenoxy) is 1. The molecule has 0 radical (unpaired) electrons. The molecular formula is C32H36N2OS. The number of hydrogen-bond acceptors (Lipinski definition) is 4. The van der Waals surface area contributed by atoms with Crippen molar-refractivity contribution in [3.63, 3.8) is 0 Å². The van der Waals surface area contributed by atoms with Crippen LogP contribution in [0.25, 0.3) is 5.57 Å². The van der Waals surface area contributed by atoms with Crippen molar-refractivity contribution in [3.05, 3.63) is 90.6 Å². The van der Waals surface area contributed by atoms with Gasteiger partial charge in [-0.25, -0.2) is 0 Å². The lowest BCUT2D eigenvalue weighted by atomic mass is 9.88. The largest absolute Gasteiger partial charge is 0.482 e. The summed E-state index contributed by atoms with van der Waals surface area (Å²) in [5.74, 6) is 0.964. The molecule has 2 aromatic rings. The molecule has 0 bridgehead atoms. The number of allylic oxidation sites excluding steroid dienone is 4. The SMILES string of the molecule is CC(C)(C)N1c2ccccc2OC2C=CC(c3ccc4c(c3)N(C(C)(C)C)C3C=CC=CC3S4)=CC21. The van der Waals surface area contributed by atoms with Crippen molar-refractivity contribution in [2.75, 3.05) is 9.80 Å².